The summed E-state index contributed by atoms with van der Waals surface area (Å²) in [6.07, 6.45) is 10.3. The van der Waals surface area contributed by atoms with Gasteiger partial charge in [-0.05, 0) is 43.7 Å². The standard InChI is InChI=1S/C18H29N3/c1-2-10-19-13-16-8-5-11-20-18(16)21-12-9-15-6-3-4-7-17(15)14-21/h5,8,11,15,17,19H,2-4,6-7,9-10,12-14H2,1H3. The van der Waals surface area contributed by atoms with Gasteiger partial charge in [0, 0.05) is 31.4 Å². The minimum absolute atomic E-state index is 0.908. The van der Waals surface area contributed by atoms with Gasteiger partial charge in [0.25, 0.3) is 0 Å². The summed E-state index contributed by atoms with van der Waals surface area (Å²) in [6, 6.07) is 4.30. The normalized spacial score (nSPS) is 25.7. The molecule has 1 saturated carbocycles. The lowest BCUT2D eigenvalue weighted by molar-refractivity contribution is 0.202. The maximum absolute atomic E-state index is 4.70. The average molecular weight is 287 g/mol. The Morgan fingerprint density at radius 1 is 1.24 bits per heavy atom. The van der Waals surface area contributed by atoms with Crippen molar-refractivity contribution in [2.75, 3.05) is 24.5 Å². The largest absolute Gasteiger partial charge is 0.356 e. The smallest absolute Gasteiger partial charge is 0.133 e. The SMILES string of the molecule is CCCNCc1cccnc1N1CCC2CCCCC2C1. The average Bonchev–Trinajstić information content (AvgIpc) is 2.55. The quantitative estimate of drug-likeness (QED) is 0.839. The fraction of sp³-hybridized carbons (Fsp3) is 0.722. The van der Waals surface area contributed by atoms with Crippen molar-refractivity contribution < 1.29 is 0 Å². The van der Waals surface area contributed by atoms with Gasteiger partial charge in [0.05, 0.1) is 0 Å². The van der Waals surface area contributed by atoms with Crippen LogP contribution in [0.25, 0.3) is 0 Å². The van der Waals surface area contributed by atoms with E-state index in [0.29, 0.717) is 0 Å². The van der Waals surface area contributed by atoms with Crippen molar-refractivity contribution in [3.63, 3.8) is 0 Å². The fourth-order valence-electron chi connectivity index (χ4n) is 4.05. The molecule has 0 bridgehead atoms. The molecule has 3 nitrogen and oxygen atoms in total. The van der Waals surface area contributed by atoms with E-state index < -0.39 is 0 Å². The molecule has 0 radical (unpaired) electrons. The van der Waals surface area contributed by atoms with Crippen LogP contribution in [0.1, 0.15) is 51.0 Å². The van der Waals surface area contributed by atoms with Gasteiger partial charge in [-0.25, -0.2) is 4.98 Å². The fourth-order valence-corrected chi connectivity index (χ4v) is 4.05. The first kappa shape index (κ1) is 14.8. The van der Waals surface area contributed by atoms with Crippen LogP contribution in [0.5, 0.6) is 0 Å². The molecule has 1 saturated heterocycles. The van der Waals surface area contributed by atoms with Crippen LogP contribution in [0.15, 0.2) is 18.3 Å². The van der Waals surface area contributed by atoms with Crippen LogP contribution in [0.3, 0.4) is 0 Å². The highest BCUT2D eigenvalue weighted by Crippen LogP contribution is 2.37. The molecule has 2 aliphatic rings. The van der Waals surface area contributed by atoms with Gasteiger partial charge in [0.2, 0.25) is 0 Å². The van der Waals surface area contributed by atoms with E-state index in [1.807, 2.05) is 6.20 Å². The first-order valence-electron chi connectivity index (χ1n) is 8.78. The predicted octanol–water partition coefficient (Wildman–Crippen LogP) is 3.60. The van der Waals surface area contributed by atoms with Crippen molar-refractivity contribution in [2.24, 2.45) is 11.8 Å². The molecule has 1 N–H and O–H groups in total. The second-order valence-electron chi connectivity index (χ2n) is 6.70. The van der Waals surface area contributed by atoms with Crippen molar-refractivity contribution in [1.29, 1.82) is 0 Å². The molecule has 2 fully saturated rings. The Morgan fingerprint density at radius 3 is 2.95 bits per heavy atom. The third-order valence-electron chi connectivity index (χ3n) is 5.20. The Balaban J connectivity index is 1.68. The predicted molar refractivity (Wildman–Crippen MR) is 88.5 cm³/mol. The summed E-state index contributed by atoms with van der Waals surface area (Å²) < 4.78 is 0. The summed E-state index contributed by atoms with van der Waals surface area (Å²) in [6.45, 7) is 6.66. The van der Waals surface area contributed by atoms with E-state index in [0.717, 1.165) is 24.9 Å². The molecule has 1 aliphatic heterocycles. The Bertz CT molecular complexity index is 446. The number of piperidine rings is 1. The highest BCUT2D eigenvalue weighted by Gasteiger charge is 2.32. The molecule has 1 aromatic heterocycles. The van der Waals surface area contributed by atoms with Crippen molar-refractivity contribution in [3.8, 4) is 0 Å². The first-order valence-corrected chi connectivity index (χ1v) is 8.78. The molecule has 1 aliphatic carbocycles. The molecular weight excluding hydrogens is 258 g/mol. The number of fused-ring (bicyclic) bond motifs is 1. The summed E-state index contributed by atoms with van der Waals surface area (Å²) in [5.74, 6) is 3.12. The summed E-state index contributed by atoms with van der Waals surface area (Å²) in [5.41, 5.74) is 1.36. The summed E-state index contributed by atoms with van der Waals surface area (Å²) in [5, 5.41) is 3.52. The van der Waals surface area contributed by atoms with Crippen LogP contribution in [0.2, 0.25) is 0 Å². The molecule has 2 atom stereocenters. The lowest BCUT2D eigenvalue weighted by Gasteiger charge is -2.42. The third kappa shape index (κ3) is 3.57. The monoisotopic (exact) mass is 287 g/mol. The molecule has 1 aromatic rings. The lowest BCUT2D eigenvalue weighted by Crippen LogP contribution is -2.42. The van der Waals surface area contributed by atoms with Crippen LogP contribution in [-0.2, 0) is 6.54 Å². The molecular formula is C18H29N3. The van der Waals surface area contributed by atoms with Crippen molar-refractivity contribution >= 4 is 5.82 Å². The van der Waals surface area contributed by atoms with Gasteiger partial charge < -0.3 is 10.2 Å². The zero-order valence-corrected chi connectivity index (χ0v) is 13.4. The van der Waals surface area contributed by atoms with Gasteiger partial charge in [-0.3, -0.25) is 0 Å². The van der Waals surface area contributed by atoms with Crippen LogP contribution >= 0.6 is 0 Å². The number of nitrogens with zero attached hydrogens (tertiary/aromatic N) is 2. The van der Waals surface area contributed by atoms with Gasteiger partial charge in [0.15, 0.2) is 0 Å². The van der Waals surface area contributed by atoms with Crippen molar-refractivity contribution in [2.45, 2.75) is 52.0 Å². The van der Waals surface area contributed by atoms with Gasteiger partial charge in [-0.2, -0.15) is 0 Å². The molecule has 2 heterocycles. The first-order chi connectivity index (χ1) is 10.4. The summed E-state index contributed by atoms with van der Waals surface area (Å²) in [4.78, 5) is 7.26. The highest BCUT2D eigenvalue weighted by atomic mass is 15.2. The molecule has 0 amide bonds. The maximum Gasteiger partial charge on any atom is 0.133 e. The Kier molecular flexibility index (Phi) is 5.13. The van der Waals surface area contributed by atoms with Crippen LogP contribution in [0.4, 0.5) is 5.82 Å². The van der Waals surface area contributed by atoms with E-state index >= 15 is 0 Å². The molecule has 2 unspecified atom stereocenters. The number of pyridine rings is 1. The van der Waals surface area contributed by atoms with Crippen molar-refractivity contribution in [1.82, 2.24) is 10.3 Å². The number of hydrogen-bond acceptors (Lipinski definition) is 3. The van der Waals surface area contributed by atoms with E-state index in [-0.39, 0.29) is 0 Å². The van der Waals surface area contributed by atoms with Crippen molar-refractivity contribution in [3.05, 3.63) is 23.9 Å². The Morgan fingerprint density at radius 2 is 2.10 bits per heavy atom. The van der Waals surface area contributed by atoms with Gasteiger partial charge in [-0.1, -0.05) is 32.3 Å². The van der Waals surface area contributed by atoms with E-state index in [1.54, 1.807) is 0 Å². The number of aromatic nitrogens is 1. The topological polar surface area (TPSA) is 28.2 Å². The lowest BCUT2D eigenvalue weighted by atomic mass is 9.75. The van der Waals surface area contributed by atoms with E-state index in [1.165, 1.54) is 63.0 Å². The minimum atomic E-state index is 0.908. The zero-order chi connectivity index (χ0) is 14.5. The van der Waals surface area contributed by atoms with Gasteiger partial charge >= 0.3 is 0 Å². The summed E-state index contributed by atoms with van der Waals surface area (Å²) in [7, 11) is 0. The van der Waals surface area contributed by atoms with Crippen LogP contribution in [-0.4, -0.2) is 24.6 Å². The number of nitrogens with one attached hydrogen (secondary N) is 1. The molecule has 3 rings (SSSR count). The van der Waals surface area contributed by atoms with Crippen LogP contribution < -0.4 is 10.2 Å². The molecule has 0 spiro atoms. The third-order valence-corrected chi connectivity index (χ3v) is 5.20. The van der Waals surface area contributed by atoms with Gasteiger partial charge in [-0.15, -0.1) is 0 Å². The van der Waals surface area contributed by atoms with Crippen LogP contribution in [0, 0.1) is 11.8 Å². The number of rotatable bonds is 5. The Hall–Kier alpha value is -1.09. The maximum atomic E-state index is 4.70. The summed E-state index contributed by atoms with van der Waals surface area (Å²) >= 11 is 0. The van der Waals surface area contributed by atoms with Gasteiger partial charge in [0.1, 0.15) is 5.82 Å². The van der Waals surface area contributed by atoms with E-state index in [9.17, 15) is 0 Å². The zero-order valence-electron chi connectivity index (χ0n) is 13.4. The molecule has 0 aromatic carbocycles. The number of hydrogen-bond donors (Lipinski definition) is 1. The molecule has 21 heavy (non-hydrogen) atoms. The second kappa shape index (κ2) is 7.26. The number of anilines is 1. The van der Waals surface area contributed by atoms with E-state index in [2.05, 4.69) is 29.3 Å². The molecule has 3 heteroatoms. The second-order valence-corrected chi connectivity index (χ2v) is 6.70. The minimum Gasteiger partial charge on any atom is -0.356 e. The molecule has 116 valence electrons. The Labute approximate surface area is 129 Å². The van der Waals surface area contributed by atoms with E-state index in [4.69, 9.17) is 4.98 Å². The highest BCUT2D eigenvalue weighted by molar-refractivity contribution is 5.47.